The van der Waals surface area contributed by atoms with E-state index in [0.29, 0.717) is 5.69 Å². The number of hydrogen-bond donors (Lipinski definition) is 0. The van der Waals surface area contributed by atoms with Crippen molar-refractivity contribution in [2.75, 3.05) is 14.1 Å². The van der Waals surface area contributed by atoms with E-state index in [1.54, 1.807) is 26.2 Å². The Labute approximate surface area is 104 Å². The van der Waals surface area contributed by atoms with Crippen LogP contribution in [0.5, 0.6) is 0 Å². The van der Waals surface area contributed by atoms with Crippen molar-refractivity contribution >= 4 is 5.91 Å². The maximum atomic E-state index is 11.8. The van der Waals surface area contributed by atoms with E-state index < -0.39 is 0 Å². The Hall–Kier alpha value is -2.43. The van der Waals surface area contributed by atoms with Gasteiger partial charge in [0, 0.05) is 20.2 Å². The molecular weight excluding hydrogens is 230 g/mol. The van der Waals surface area contributed by atoms with Gasteiger partial charge in [-0.2, -0.15) is 9.78 Å². The largest absolute Gasteiger partial charge is 0.343 e. The van der Waals surface area contributed by atoms with Crippen molar-refractivity contribution in [3.63, 3.8) is 0 Å². The highest BCUT2D eigenvalue weighted by Crippen LogP contribution is 2.03. The molecule has 0 bridgehead atoms. The van der Waals surface area contributed by atoms with Crippen LogP contribution in [0.2, 0.25) is 0 Å². The highest BCUT2D eigenvalue weighted by molar-refractivity contribution is 5.91. The molecule has 0 aliphatic rings. The van der Waals surface area contributed by atoms with Gasteiger partial charge in [-0.3, -0.25) is 9.59 Å². The topological polar surface area (TPSA) is 55.2 Å². The van der Waals surface area contributed by atoms with Crippen molar-refractivity contribution in [3.8, 4) is 5.69 Å². The lowest BCUT2D eigenvalue weighted by Gasteiger charge is -2.10. The van der Waals surface area contributed by atoms with E-state index >= 15 is 0 Å². The first kappa shape index (κ1) is 12.0. The number of carbonyl (C=O) groups excluding carboxylic acids is 1. The molecule has 2 aromatic rings. The van der Waals surface area contributed by atoms with Gasteiger partial charge in [-0.15, -0.1) is 0 Å². The van der Waals surface area contributed by atoms with Gasteiger partial charge in [0.15, 0.2) is 0 Å². The van der Waals surface area contributed by atoms with Gasteiger partial charge in [-0.05, 0) is 18.2 Å². The first-order valence-corrected chi connectivity index (χ1v) is 5.47. The van der Waals surface area contributed by atoms with Crippen molar-refractivity contribution in [2.45, 2.75) is 0 Å². The Morgan fingerprint density at radius 3 is 2.39 bits per heavy atom. The number of nitrogens with zero attached hydrogens (tertiary/aromatic N) is 3. The second-order valence-electron chi connectivity index (χ2n) is 4.00. The predicted octanol–water partition coefficient (Wildman–Crippen LogP) is 0.934. The molecule has 0 aliphatic heterocycles. The molecule has 1 aromatic heterocycles. The highest BCUT2D eigenvalue weighted by Gasteiger charge is 2.11. The number of para-hydroxylation sites is 1. The van der Waals surface area contributed by atoms with Crippen LogP contribution < -0.4 is 5.56 Å². The van der Waals surface area contributed by atoms with Crippen LogP contribution in [0.15, 0.2) is 47.3 Å². The fourth-order valence-electron chi connectivity index (χ4n) is 1.51. The maximum absolute atomic E-state index is 11.8. The standard InChI is InChI=1S/C13H13N3O2/c1-15(2)13(18)11-8-9-12(17)16(14-11)10-6-4-3-5-7-10/h3-9H,1-2H3. The first-order chi connectivity index (χ1) is 8.59. The lowest BCUT2D eigenvalue weighted by atomic mass is 10.3. The molecule has 0 atom stereocenters. The van der Waals surface area contributed by atoms with E-state index in [9.17, 15) is 9.59 Å². The first-order valence-electron chi connectivity index (χ1n) is 5.47. The van der Waals surface area contributed by atoms with Gasteiger partial charge in [0.2, 0.25) is 0 Å². The Bertz CT molecular complexity index is 618. The van der Waals surface area contributed by atoms with Crippen molar-refractivity contribution in [1.82, 2.24) is 14.7 Å². The van der Waals surface area contributed by atoms with E-state index in [1.807, 2.05) is 18.2 Å². The van der Waals surface area contributed by atoms with Crippen LogP contribution in [0.4, 0.5) is 0 Å². The van der Waals surface area contributed by atoms with Crippen LogP contribution in [0.1, 0.15) is 10.5 Å². The monoisotopic (exact) mass is 243 g/mol. The molecule has 0 saturated heterocycles. The van der Waals surface area contributed by atoms with Crippen LogP contribution in [0, 0.1) is 0 Å². The third kappa shape index (κ3) is 2.29. The molecule has 1 aromatic carbocycles. The zero-order valence-electron chi connectivity index (χ0n) is 10.2. The van der Waals surface area contributed by atoms with Crippen molar-refractivity contribution in [1.29, 1.82) is 0 Å². The third-order valence-electron chi connectivity index (χ3n) is 2.43. The molecule has 0 saturated carbocycles. The van der Waals surface area contributed by atoms with Crippen molar-refractivity contribution in [2.24, 2.45) is 0 Å². The van der Waals surface area contributed by atoms with Crippen LogP contribution >= 0.6 is 0 Å². The summed E-state index contributed by atoms with van der Waals surface area (Å²) >= 11 is 0. The van der Waals surface area contributed by atoms with E-state index in [2.05, 4.69) is 5.10 Å². The minimum absolute atomic E-state index is 0.236. The van der Waals surface area contributed by atoms with Gasteiger partial charge in [0.05, 0.1) is 5.69 Å². The second kappa shape index (κ2) is 4.83. The third-order valence-corrected chi connectivity index (χ3v) is 2.43. The predicted molar refractivity (Wildman–Crippen MR) is 67.9 cm³/mol. The maximum Gasteiger partial charge on any atom is 0.273 e. The number of amides is 1. The zero-order valence-corrected chi connectivity index (χ0v) is 10.2. The number of hydrogen-bond acceptors (Lipinski definition) is 3. The molecule has 0 N–H and O–H groups in total. The summed E-state index contributed by atoms with van der Waals surface area (Å²) in [6, 6.07) is 11.8. The van der Waals surface area contributed by atoms with Gasteiger partial charge in [0.1, 0.15) is 5.69 Å². The van der Waals surface area contributed by atoms with Crippen LogP contribution in [0.3, 0.4) is 0 Å². The molecule has 0 fully saturated rings. The summed E-state index contributed by atoms with van der Waals surface area (Å²) in [5, 5.41) is 4.08. The summed E-state index contributed by atoms with van der Waals surface area (Å²) < 4.78 is 1.22. The van der Waals surface area contributed by atoms with Crippen molar-refractivity contribution in [3.05, 3.63) is 58.5 Å². The van der Waals surface area contributed by atoms with Gasteiger partial charge in [-0.25, -0.2) is 0 Å². The second-order valence-corrected chi connectivity index (χ2v) is 4.00. The summed E-state index contributed by atoms with van der Waals surface area (Å²) in [6.45, 7) is 0. The molecule has 5 nitrogen and oxygen atoms in total. The Morgan fingerprint density at radius 2 is 1.78 bits per heavy atom. The Morgan fingerprint density at radius 1 is 1.11 bits per heavy atom. The molecule has 0 unspecified atom stereocenters. The fraction of sp³-hybridized carbons (Fsp3) is 0.154. The van der Waals surface area contributed by atoms with Gasteiger partial charge >= 0.3 is 0 Å². The molecule has 92 valence electrons. The van der Waals surface area contributed by atoms with E-state index in [-0.39, 0.29) is 17.2 Å². The summed E-state index contributed by atoms with van der Waals surface area (Å²) in [5.74, 6) is -0.236. The molecule has 1 amide bonds. The Kier molecular flexibility index (Phi) is 3.23. The SMILES string of the molecule is CN(C)C(=O)c1ccc(=O)n(-c2ccccc2)n1. The van der Waals surface area contributed by atoms with E-state index in [4.69, 9.17) is 0 Å². The lowest BCUT2D eigenvalue weighted by Crippen LogP contribution is -2.28. The highest BCUT2D eigenvalue weighted by atomic mass is 16.2. The van der Waals surface area contributed by atoms with Crippen LogP contribution in [-0.4, -0.2) is 34.7 Å². The minimum Gasteiger partial charge on any atom is -0.343 e. The summed E-state index contributed by atoms with van der Waals surface area (Å²) in [7, 11) is 3.28. The molecule has 0 aliphatic carbocycles. The molecule has 18 heavy (non-hydrogen) atoms. The van der Waals surface area contributed by atoms with Gasteiger partial charge < -0.3 is 4.90 Å². The van der Waals surface area contributed by atoms with E-state index in [1.165, 1.54) is 21.7 Å². The van der Waals surface area contributed by atoms with Crippen molar-refractivity contribution < 1.29 is 4.79 Å². The number of benzene rings is 1. The summed E-state index contributed by atoms with van der Waals surface area (Å²) in [6.07, 6.45) is 0. The number of rotatable bonds is 2. The Balaban J connectivity index is 2.52. The minimum atomic E-state index is -0.267. The molecule has 0 spiro atoms. The number of aromatic nitrogens is 2. The number of carbonyl (C=O) groups is 1. The molecule has 1 heterocycles. The fourth-order valence-corrected chi connectivity index (χ4v) is 1.51. The smallest absolute Gasteiger partial charge is 0.273 e. The summed E-state index contributed by atoms with van der Waals surface area (Å²) in [4.78, 5) is 24.9. The zero-order chi connectivity index (χ0) is 13.1. The quantitative estimate of drug-likeness (QED) is 0.788. The van der Waals surface area contributed by atoms with Crippen LogP contribution in [0.25, 0.3) is 5.69 Å². The van der Waals surface area contributed by atoms with Gasteiger partial charge in [-0.1, -0.05) is 18.2 Å². The van der Waals surface area contributed by atoms with Crippen LogP contribution in [-0.2, 0) is 0 Å². The molecule has 0 radical (unpaired) electrons. The lowest BCUT2D eigenvalue weighted by molar-refractivity contribution is 0.0820. The molecule has 5 heteroatoms. The average molecular weight is 243 g/mol. The normalized spacial score (nSPS) is 10.1. The summed E-state index contributed by atoms with van der Waals surface area (Å²) in [5.41, 5.74) is 0.607. The van der Waals surface area contributed by atoms with Gasteiger partial charge in [0.25, 0.3) is 11.5 Å². The molecule has 2 rings (SSSR count). The molecular formula is C13H13N3O2. The average Bonchev–Trinajstić information content (AvgIpc) is 2.39. The van der Waals surface area contributed by atoms with E-state index in [0.717, 1.165) is 0 Å².